The number of hydrogen-bond donors (Lipinski definition) is 1. The lowest BCUT2D eigenvalue weighted by Crippen LogP contribution is -2.30. The van der Waals surface area contributed by atoms with Gasteiger partial charge in [0.05, 0.1) is 6.10 Å². The van der Waals surface area contributed by atoms with Crippen LogP contribution in [0.4, 0.5) is 0 Å². The van der Waals surface area contributed by atoms with Crippen molar-refractivity contribution in [2.45, 2.75) is 37.8 Å². The van der Waals surface area contributed by atoms with Gasteiger partial charge in [-0.3, -0.25) is 0 Å². The second-order valence-electron chi connectivity index (χ2n) is 3.49. The Balaban J connectivity index is 2.07. The van der Waals surface area contributed by atoms with Crippen LogP contribution in [-0.4, -0.2) is 24.9 Å². The lowest BCUT2D eigenvalue weighted by atomic mass is 9.94. The highest BCUT2D eigenvalue weighted by molar-refractivity contribution is 5.81. The second-order valence-corrected chi connectivity index (χ2v) is 3.49. The quantitative estimate of drug-likeness (QED) is 0.416. The van der Waals surface area contributed by atoms with Gasteiger partial charge in [-0.25, -0.2) is 4.79 Å². The van der Waals surface area contributed by atoms with Crippen LogP contribution in [0.25, 0.3) is 0 Å². The Morgan fingerprint density at radius 2 is 2.07 bits per heavy atom. The largest absolute Gasteiger partial charge is 0.435 e. The van der Waals surface area contributed by atoms with Crippen molar-refractivity contribution in [3.8, 4) is 0 Å². The maximum absolute atomic E-state index is 10.7. The van der Waals surface area contributed by atoms with Crippen LogP contribution in [0.15, 0.2) is 12.7 Å². The Kier molecular flexibility index (Phi) is 4.62. The molecule has 0 amide bonds. The number of esters is 1. The van der Waals surface area contributed by atoms with Crippen molar-refractivity contribution in [2.75, 3.05) is 6.79 Å². The monoisotopic (exact) mass is 199 g/mol. The molecule has 0 aromatic heterocycles. The van der Waals surface area contributed by atoms with E-state index in [1.165, 1.54) is 0 Å². The summed E-state index contributed by atoms with van der Waals surface area (Å²) in [6.07, 6.45) is 5.19. The Labute approximate surface area is 84.1 Å². The Morgan fingerprint density at radius 3 is 2.64 bits per heavy atom. The molecule has 0 aliphatic heterocycles. The third-order valence-corrected chi connectivity index (χ3v) is 2.39. The van der Waals surface area contributed by atoms with Crippen molar-refractivity contribution in [1.29, 1.82) is 0 Å². The van der Waals surface area contributed by atoms with E-state index in [1.54, 1.807) is 0 Å². The van der Waals surface area contributed by atoms with Gasteiger partial charge in [0.2, 0.25) is 0 Å². The van der Waals surface area contributed by atoms with E-state index in [9.17, 15) is 4.79 Å². The summed E-state index contributed by atoms with van der Waals surface area (Å²) in [5, 5.41) is 0. The fourth-order valence-electron chi connectivity index (χ4n) is 1.50. The molecule has 80 valence electrons. The third-order valence-electron chi connectivity index (χ3n) is 2.39. The lowest BCUT2D eigenvalue weighted by Gasteiger charge is -2.25. The predicted octanol–water partition coefficient (Wildman–Crippen LogP) is 0.960. The van der Waals surface area contributed by atoms with E-state index in [0.29, 0.717) is 6.04 Å². The van der Waals surface area contributed by atoms with E-state index in [2.05, 4.69) is 6.58 Å². The molecule has 14 heavy (non-hydrogen) atoms. The minimum Gasteiger partial charge on any atom is -0.435 e. The molecule has 0 atom stereocenters. The topological polar surface area (TPSA) is 61.5 Å². The molecule has 0 heterocycles. The molecule has 1 rings (SSSR count). The molecule has 0 unspecified atom stereocenters. The summed E-state index contributed by atoms with van der Waals surface area (Å²) in [6, 6.07) is 0.311. The van der Waals surface area contributed by atoms with Gasteiger partial charge < -0.3 is 15.2 Å². The average Bonchev–Trinajstić information content (AvgIpc) is 2.21. The normalized spacial score (nSPS) is 26.9. The summed E-state index contributed by atoms with van der Waals surface area (Å²) >= 11 is 0. The highest BCUT2D eigenvalue weighted by Crippen LogP contribution is 2.19. The van der Waals surface area contributed by atoms with Crippen LogP contribution in [0.1, 0.15) is 25.7 Å². The third kappa shape index (κ3) is 3.89. The summed E-state index contributed by atoms with van der Waals surface area (Å²) in [6.45, 7) is 3.31. The summed E-state index contributed by atoms with van der Waals surface area (Å²) in [7, 11) is 0. The van der Waals surface area contributed by atoms with Crippen LogP contribution >= 0.6 is 0 Å². The summed E-state index contributed by atoms with van der Waals surface area (Å²) in [4.78, 5) is 10.7. The first kappa shape index (κ1) is 11.2. The molecule has 4 nitrogen and oxygen atoms in total. The molecule has 0 aromatic rings. The molecule has 1 saturated carbocycles. The number of nitrogens with two attached hydrogens (primary N) is 1. The first-order valence-electron chi connectivity index (χ1n) is 4.88. The Morgan fingerprint density at radius 1 is 1.43 bits per heavy atom. The van der Waals surface area contributed by atoms with Crippen molar-refractivity contribution in [3.63, 3.8) is 0 Å². The van der Waals surface area contributed by atoms with Crippen molar-refractivity contribution < 1.29 is 14.3 Å². The van der Waals surface area contributed by atoms with Crippen molar-refractivity contribution in [2.24, 2.45) is 5.73 Å². The maximum Gasteiger partial charge on any atom is 0.332 e. The standard InChI is InChI=1S/C10H17NO3/c1-2-10(12)14-7-13-9-5-3-8(11)4-6-9/h2,8-9H,1,3-7,11H2. The lowest BCUT2D eigenvalue weighted by molar-refractivity contribution is -0.156. The molecule has 1 aliphatic carbocycles. The van der Waals surface area contributed by atoms with E-state index < -0.39 is 5.97 Å². The number of rotatable bonds is 4. The first-order valence-corrected chi connectivity index (χ1v) is 4.88. The summed E-state index contributed by atoms with van der Waals surface area (Å²) in [5.41, 5.74) is 5.74. The molecule has 0 aromatic carbocycles. The zero-order chi connectivity index (χ0) is 10.4. The van der Waals surface area contributed by atoms with E-state index in [0.717, 1.165) is 31.8 Å². The van der Waals surface area contributed by atoms with Gasteiger partial charge in [-0.1, -0.05) is 6.58 Å². The predicted molar refractivity (Wildman–Crippen MR) is 52.5 cm³/mol. The van der Waals surface area contributed by atoms with Gasteiger partial charge in [-0.15, -0.1) is 0 Å². The SMILES string of the molecule is C=CC(=O)OCOC1CCC(N)CC1. The molecule has 0 bridgehead atoms. The Bertz CT molecular complexity index is 198. The fraction of sp³-hybridized carbons (Fsp3) is 0.700. The molecule has 1 aliphatic rings. The zero-order valence-electron chi connectivity index (χ0n) is 8.28. The second kappa shape index (κ2) is 5.78. The van der Waals surface area contributed by atoms with Crippen molar-refractivity contribution in [3.05, 3.63) is 12.7 Å². The molecular weight excluding hydrogens is 182 g/mol. The van der Waals surface area contributed by atoms with Gasteiger partial charge in [0.15, 0.2) is 6.79 Å². The number of hydrogen-bond acceptors (Lipinski definition) is 4. The van der Waals surface area contributed by atoms with Crippen LogP contribution < -0.4 is 5.73 Å². The van der Waals surface area contributed by atoms with E-state index in [4.69, 9.17) is 15.2 Å². The van der Waals surface area contributed by atoms with Crippen LogP contribution in [0.5, 0.6) is 0 Å². The number of ether oxygens (including phenoxy) is 2. The van der Waals surface area contributed by atoms with Gasteiger partial charge in [0.25, 0.3) is 0 Å². The summed E-state index contributed by atoms with van der Waals surface area (Å²) in [5.74, 6) is -0.447. The van der Waals surface area contributed by atoms with Gasteiger partial charge in [0.1, 0.15) is 0 Å². The van der Waals surface area contributed by atoms with Crippen LogP contribution in [0.3, 0.4) is 0 Å². The van der Waals surface area contributed by atoms with E-state index >= 15 is 0 Å². The van der Waals surface area contributed by atoms with Gasteiger partial charge in [-0.2, -0.15) is 0 Å². The molecule has 0 saturated heterocycles. The zero-order valence-corrected chi connectivity index (χ0v) is 8.28. The highest BCUT2D eigenvalue weighted by atomic mass is 16.7. The van der Waals surface area contributed by atoms with Crippen molar-refractivity contribution in [1.82, 2.24) is 0 Å². The smallest absolute Gasteiger partial charge is 0.332 e. The average molecular weight is 199 g/mol. The van der Waals surface area contributed by atoms with Crippen LogP contribution in [-0.2, 0) is 14.3 Å². The fourth-order valence-corrected chi connectivity index (χ4v) is 1.50. The first-order chi connectivity index (χ1) is 6.72. The number of carbonyl (C=O) groups excluding carboxylic acids is 1. The van der Waals surface area contributed by atoms with Gasteiger partial charge in [0, 0.05) is 12.1 Å². The van der Waals surface area contributed by atoms with Gasteiger partial charge >= 0.3 is 5.97 Å². The Hall–Kier alpha value is -0.870. The van der Waals surface area contributed by atoms with Crippen LogP contribution in [0.2, 0.25) is 0 Å². The molecule has 0 spiro atoms. The minimum absolute atomic E-state index is 0.0186. The number of carbonyl (C=O) groups is 1. The van der Waals surface area contributed by atoms with Crippen LogP contribution in [0, 0.1) is 0 Å². The molecule has 2 N–H and O–H groups in total. The van der Waals surface area contributed by atoms with E-state index in [-0.39, 0.29) is 12.9 Å². The van der Waals surface area contributed by atoms with Gasteiger partial charge in [-0.05, 0) is 25.7 Å². The van der Waals surface area contributed by atoms with E-state index in [1.807, 2.05) is 0 Å². The molecular formula is C10H17NO3. The molecule has 4 heteroatoms. The van der Waals surface area contributed by atoms with Crippen molar-refractivity contribution >= 4 is 5.97 Å². The highest BCUT2D eigenvalue weighted by Gasteiger charge is 2.18. The minimum atomic E-state index is -0.447. The molecule has 1 fully saturated rings. The molecule has 0 radical (unpaired) electrons. The maximum atomic E-state index is 10.7. The summed E-state index contributed by atoms with van der Waals surface area (Å²) < 4.78 is 10.1.